The van der Waals surface area contributed by atoms with E-state index in [1.165, 1.54) is 38.5 Å². The van der Waals surface area contributed by atoms with Crippen LogP contribution in [-0.4, -0.2) is 45.1 Å². The molecule has 2 aromatic heterocycles. The van der Waals surface area contributed by atoms with Gasteiger partial charge in [0.1, 0.15) is 40.4 Å². The summed E-state index contributed by atoms with van der Waals surface area (Å²) in [5, 5.41) is 9.93. The number of aromatic nitrogens is 4. The zero-order valence-corrected chi connectivity index (χ0v) is 27.5. The quantitative estimate of drug-likeness (QED) is 0.158. The first-order valence-electron chi connectivity index (χ1n) is 14.4. The van der Waals surface area contributed by atoms with Crippen LogP contribution >= 0.6 is 23.2 Å². The maximum atomic E-state index is 15.7. The van der Waals surface area contributed by atoms with Gasteiger partial charge < -0.3 is 30.1 Å². The van der Waals surface area contributed by atoms with Crippen LogP contribution in [0.4, 0.5) is 14.5 Å². The lowest BCUT2D eigenvalue weighted by molar-refractivity contribution is 0.0989. The molecule has 0 aliphatic carbocycles. The fourth-order valence-corrected chi connectivity index (χ4v) is 6.33. The fraction of sp³-hybridized carbons (Fsp3) is 0.118. The lowest BCUT2D eigenvalue weighted by Crippen LogP contribution is -2.13. The van der Waals surface area contributed by atoms with Gasteiger partial charge in [-0.2, -0.15) is 5.26 Å². The topological polar surface area (TPSA) is 168 Å². The van der Waals surface area contributed by atoms with Crippen LogP contribution in [-0.2, 0) is 13.1 Å². The predicted octanol–water partition coefficient (Wildman–Crippen LogP) is 6.64. The molecule has 0 saturated heterocycles. The number of methoxy groups -OCH3 is 2. The summed E-state index contributed by atoms with van der Waals surface area (Å²) >= 11 is 12.2. The molecule has 0 fully saturated rings. The molecule has 0 unspecified atom stereocenters. The summed E-state index contributed by atoms with van der Waals surface area (Å²) in [6, 6.07) is 12.5. The number of fused-ring (bicyclic) bond motifs is 2. The Morgan fingerprint density at radius 2 is 1.30 bits per heavy atom. The van der Waals surface area contributed by atoms with Gasteiger partial charge in [-0.05, 0) is 48.5 Å². The number of nitriles is 1. The molecule has 0 spiro atoms. The third-order valence-electron chi connectivity index (χ3n) is 8.01. The number of hydrogen-bond donors (Lipinski definition) is 2. The Morgan fingerprint density at radius 3 is 1.74 bits per heavy atom. The van der Waals surface area contributed by atoms with Crippen molar-refractivity contribution in [3.05, 3.63) is 98.3 Å². The first-order valence-corrected chi connectivity index (χ1v) is 15.2. The van der Waals surface area contributed by atoms with Gasteiger partial charge >= 0.3 is 0 Å². The molecule has 0 aliphatic heterocycles. The Hall–Kier alpha value is -6.22. The highest BCUT2D eigenvalue weighted by Gasteiger charge is 2.27. The van der Waals surface area contributed by atoms with Gasteiger partial charge in [0, 0.05) is 23.1 Å². The van der Waals surface area contributed by atoms with Gasteiger partial charge in [0.15, 0.2) is 11.5 Å². The molecule has 6 aromatic rings. The second-order valence-corrected chi connectivity index (χ2v) is 11.6. The number of nitrogens with two attached hydrogens (primary N) is 2. The van der Waals surface area contributed by atoms with Crippen molar-refractivity contribution in [2.75, 3.05) is 14.2 Å². The van der Waals surface area contributed by atoms with Crippen molar-refractivity contribution in [1.82, 2.24) is 19.1 Å². The Labute approximate surface area is 291 Å². The number of halogens is 4. The summed E-state index contributed by atoms with van der Waals surface area (Å²) in [5.41, 5.74) is 11.6. The number of benzene rings is 4. The van der Waals surface area contributed by atoms with E-state index in [4.69, 9.17) is 50.7 Å². The number of ether oxygens (including phenoxy) is 2. The normalized spacial score (nSPS) is 11.0. The maximum absolute atomic E-state index is 15.7. The summed E-state index contributed by atoms with van der Waals surface area (Å²) in [4.78, 5) is 37.3. The molecule has 4 N–H and O–H groups in total. The third kappa shape index (κ3) is 5.46. The van der Waals surface area contributed by atoms with Gasteiger partial charge in [0.2, 0.25) is 5.69 Å². The molecular weight excluding hydrogens is 693 g/mol. The zero-order chi connectivity index (χ0) is 36.0. The minimum atomic E-state index is -0.845. The van der Waals surface area contributed by atoms with E-state index in [-0.39, 0.29) is 90.8 Å². The molecular formula is C34H22Cl2F2N8O4. The summed E-state index contributed by atoms with van der Waals surface area (Å²) in [6.45, 7) is 7.65. The Bertz CT molecular complexity index is 2340. The van der Waals surface area contributed by atoms with Gasteiger partial charge in [-0.3, -0.25) is 9.59 Å². The summed E-state index contributed by atoms with van der Waals surface area (Å²) in [6.07, 6.45) is 0. The molecule has 50 heavy (non-hydrogen) atoms. The lowest BCUT2D eigenvalue weighted by atomic mass is 10.1. The molecule has 12 nitrogen and oxygen atoms in total. The van der Waals surface area contributed by atoms with Gasteiger partial charge in [-0.1, -0.05) is 23.2 Å². The van der Waals surface area contributed by atoms with Crippen LogP contribution in [0.5, 0.6) is 11.5 Å². The maximum Gasteiger partial charge on any atom is 0.252 e. The number of rotatable bonds is 9. The molecule has 0 saturated carbocycles. The minimum Gasteiger partial charge on any atom is -0.494 e. The molecule has 2 amide bonds. The highest BCUT2D eigenvalue weighted by Crippen LogP contribution is 2.41. The summed E-state index contributed by atoms with van der Waals surface area (Å²) in [7, 11) is 2.63. The number of nitrogens with zero attached hydrogens (tertiary/aromatic N) is 6. The first-order chi connectivity index (χ1) is 23.9. The van der Waals surface area contributed by atoms with Gasteiger partial charge in [0.05, 0.1) is 59.6 Å². The Morgan fingerprint density at radius 1 is 0.840 bits per heavy atom. The molecule has 6 rings (SSSR count). The first kappa shape index (κ1) is 33.7. The average molecular weight is 716 g/mol. The molecule has 0 bridgehead atoms. The van der Waals surface area contributed by atoms with E-state index >= 15 is 8.78 Å². The van der Waals surface area contributed by atoms with E-state index < -0.39 is 23.4 Å². The number of primary amides is 2. The molecule has 0 aliphatic rings. The molecule has 250 valence electrons. The molecule has 0 atom stereocenters. The number of imidazole rings is 2. The summed E-state index contributed by atoms with van der Waals surface area (Å²) < 4.78 is 45.6. The fourth-order valence-electron chi connectivity index (χ4n) is 5.93. The number of hydrogen-bond acceptors (Lipinski definition) is 7. The van der Waals surface area contributed by atoms with E-state index in [2.05, 4.69) is 14.8 Å². The van der Waals surface area contributed by atoms with Gasteiger partial charge in [-0.15, -0.1) is 0 Å². The predicted molar refractivity (Wildman–Crippen MR) is 181 cm³/mol. The highest BCUT2D eigenvalue weighted by atomic mass is 35.5. The van der Waals surface area contributed by atoms with Crippen LogP contribution in [0.25, 0.3) is 49.7 Å². The van der Waals surface area contributed by atoms with Crippen LogP contribution in [0.15, 0.2) is 48.5 Å². The van der Waals surface area contributed by atoms with E-state index in [9.17, 15) is 14.9 Å². The molecule has 2 heterocycles. The van der Waals surface area contributed by atoms with Crippen molar-refractivity contribution < 1.29 is 27.8 Å². The van der Waals surface area contributed by atoms with Crippen LogP contribution in [0.2, 0.25) is 10.0 Å². The smallest absolute Gasteiger partial charge is 0.252 e. The highest BCUT2D eigenvalue weighted by molar-refractivity contribution is 6.31. The summed E-state index contributed by atoms with van der Waals surface area (Å²) in [5.74, 6) is -3.28. The van der Waals surface area contributed by atoms with E-state index in [1.807, 2.05) is 6.07 Å². The van der Waals surface area contributed by atoms with Crippen molar-refractivity contribution in [1.29, 1.82) is 5.26 Å². The van der Waals surface area contributed by atoms with Crippen molar-refractivity contribution in [3.63, 3.8) is 0 Å². The number of amides is 2. The van der Waals surface area contributed by atoms with Gasteiger partial charge in [-0.25, -0.2) is 23.6 Å². The minimum absolute atomic E-state index is 0.00870. The SMILES string of the molecule is [C-]#[N+]c1cc(Cl)cc(F)c1-c1nc2c(OC)c(C(N)=O)ccc2n1CCn1c(-c2c(F)cc(Cl)cc2C#N)nc2c(OC)c(C(N)=O)ccc21. The molecule has 0 radical (unpaired) electrons. The van der Waals surface area contributed by atoms with E-state index in [0.29, 0.717) is 11.0 Å². The van der Waals surface area contributed by atoms with Crippen LogP contribution in [0.3, 0.4) is 0 Å². The van der Waals surface area contributed by atoms with E-state index in [0.717, 1.165) is 12.1 Å². The second kappa shape index (κ2) is 13.0. The Kier molecular flexibility index (Phi) is 8.76. The van der Waals surface area contributed by atoms with Crippen molar-refractivity contribution in [2.24, 2.45) is 11.5 Å². The van der Waals surface area contributed by atoms with E-state index in [1.54, 1.807) is 21.3 Å². The van der Waals surface area contributed by atoms with Crippen molar-refractivity contribution in [2.45, 2.75) is 13.1 Å². The number of aryl methyl sites for hydroxylation is 2. The van der Waals surface area contributed by atoms with Crippen LogP contribution in [0, 0.1) is 29.5 Å². The molecule has 16 heteroatoms. The largest absolute Gasteiger partial charge is 0.494 e. The van der Waals surface area contributed by atoms with Crippen molar-refractivity contribution in [3.8, 4) is 40.3 Å². The monoisotopic (exact) mass is 714 g/mol. The Balaban J connectivity index is 1.65. The number of carbonyl (C=O) groups excluding carboxylic acids is 2. The average Bonchev–Trinajstić information content (AvgIpc) is 3.62. The molecule has 4 aromatic carbocycles. The standard InChI is InChI=1S/C34H22Cl2F2N8O4/c1-42-22-13-17(36)12-21(38)26(22)34-44-28-24(7-5-19(32(41)48)30(28)50-3)46(34)9-8-45-23-6-4-18(31(40)47)29(49-2)27(23)43-33(45)25-15(14-39)10-16(35)11-20(25)37/h4-7,10-13H,8-9H2,2-3H3,(H2,40,47)(H2,41,48). The van der Waals surface area contributed by atoms with Crippen LogP contribution < -0.4 is 20.9 Å². The lowest BCUT2D eigenvalue weighted by Gasteiger charge is -2.15. The zero-order valence-electron chi connectivity index (χ0n) is 26.0. The van der Waals surface area contributed by atoms with Gasteiger partial charge in [0.25, 0.3) is 11.8 Å². The number of carbonyl (C=O) groups is 2. The third-order valence-corrected chi connectivity index (χ3v) is 8.45. The van der Waals surface area contributed by atoms with Crippen LogP contribution in [0.1, 0.15) is 26.3 Å². The second-order valence-electron chi connectivity index (χ2n) is 10.7. The van der Waals surface area contributed by atoms with Crippen molar-refractivity contribution >= 4 is 62.8 Å².